The van der Waals surface area contributed by atoms with Crippen LogP contribution in [0.5, 0.6) is 0 Å². The maximum absolute atomic E-state index is 5.53. The monoisotopic (exact) mass is 237 g/mol. The summed E-state index contributed by atoms with van der Waals surface area (Å²) in [6.07, 6.45) is 1.95. The highest BCUT2D eigenvalue weighted by Gasteiger charge is 2.11. The Labute approximate surface area is 104 Å². The predicted molar refractivity (Wildman–Crippen MR) is 70.2 cm³/mol. The van der Waals surface area contributed by atoms with Crippen molar-refractivity contribution in [2.45, 2.75) is 46.6 Å². The highest BCUT2D eigenvalue weighted by Crippen LogP contribution is 2.16. The molecule has 1 aromatic heterocycles. The quantitative estimate of drug-likeness (QED) is 0.792. The third-order valence-corrected chi connectivity index (χ3v) is 2.50. The molecule has 1 atom stereocenters. The molecule has 1 rings (SSSR count). The van der Waals surface area contributed by atoms with Crippen LogP contribution in [0.2, 0.25) is 0 Å². The van der Waals surface area contributed by atoms with Crippen LogP contribution in [0, 0.1) is 0 Å². The van der Waals surface area contributed by atoms with Gasteiger partial charge in [0.25, 0.3) is 0 Å². The molecule has 0 amide bonds. The van der Waals surface area contributed by atoms with E-state index < -0.39 is 0 Å². The summed E-state index contributed by atoms with van der Waals surface area (Å²) < 4.78 is 5.53. The second-order valence-corrected chi connectivity index (χ2v) is 3.98. The summed E-state index contributed by atoms with van der Waals surface area (Å²) in [4.78, 5) is 8.99. The standard InChI is InChI=1S/C13H23N3O/c1-5-8-14-12-9-11(6-2)15-13(16-12)10(4)17-7-3/h9-10H,5-8H2,1-4H3,(H,14,15,16). The van der Waals surface area contributed by atoms with E-state index in [4.69, 9.17) is 4.74 Å². The van der Waals surface area contributed by atoms with E-state index in [1.54, 1.807) is 0 Å². The van der Waals surface area contributed by atoms with Gasteiger partial charge in [-0.15, -0.1) is 0 Å². The first-order valence-electron chi connectivity index (χ1n) is 6.44. The van der Waals surface area contributed by atoms with Gasteiger partial charge in [-0.05, 0) is 26.7 Å². The fraction of sp³-hybridized carbons (Fsp3) is 0.692. The van der Waals surface area contributed by atoms with Crippen molar-refractivity contribution >= 4 is 5.82 Å². The Bertz CT molecular complexity index is 341. The van der Waals surface area contributed by atoms with Gasteiger partial charge in [-0.2, -0.15) is 0 Å². The van der Waals surface area contributed by atoms with Crippen molar-refractivity contribution in [3.63, 3.8) is 0 Å². The summed E-state index contributed by atoms with van der Waals surface area (Å²) in [6, 6.07) is 2.01. The average Bonchev–Trinajstić information content (AvgIpc) is 2.36. The van der Waals surface area contributed by atoms with Crippen LogP contribution in [0.15, 0.2) is 6.07 Å². The number of nitrogens with zero attached hydrogens (tertiary/aromatic N) is 2. The Balaban J connectivity index is 2.88. The van der Waals surface area contributed by atoms with Crippen LogP contribution >= 0.6 is 0 Å². The number of hydrogen-bond donors (Lipinski definition) is 1. The van der Waals surface area contributed by atoms with Gasteiger partial charge < -0.3 is 10.1 Å². The van der Waals surface area contributed by atoms with Crippen molar-refractivity contribution in [3.8, 4) is 0 Å². The molecule has 0 radical (unpaired) electrons. The van der Waals surface area contributed by atoms with Crippen LogP contribution in [0.25, 0.3) is 0 Å². The molecule has 0 spiro atoms. The molecule has 1 aromatic rings. The van der Waals surface area contributed by atoms with Gasteiger partial charge in [0, 0.05) is 24.9 Å². The van der Waals surface area contributed by atoms with Crippen molar-refractivity contribution in [1.29, 1.82) is 0 Å². The van der Waals surface area contributed by atoms with Crippen molar-refractivity contribution in [1.82, 2.24) is 9.97 Å². The van der Waals surface area contributed by atoms with Gasteiger partial charge in [0.1, 0.15) is 11.9 Å². The third-order valence-electron chi connectivity index (χ3n) is 2.50. The summed E-state index contributed by atoms with van der Waals surface area (Å²) >= 11 is 0. The van der Waals surface area contributed by atoms with Gasteiger partial charge in [-0.3, -0.25) is 0 Å². The van der Waals surface area contributed by atoms with Gasteiger partial charge in [0.15, 0.2) is 5.82 Å². The summed E-state index contributed by atoms with van der Waals surface area (Å²) in [5.74, 6) is 1.67. The molecule has 0 saturated heterocycles. The molecule has 4 heteroatoms. The zero-order valence-corrected chi connectivity index (χ0v) is 11.3. The van der Waals surface area contributed by atoms with E-state index in [9.17, 15) is 0 Å². The molecule has 17 heavy (non-hydrogen) atoms. The van der Waals surface area contributed by atoms with Gasteiger partial charge in [-0.25, -0.2) is 9.97 Å². The summed E-state index contributed by atoms with van der Waals surface area (Å²) in [5.41, 5.74) is 1.06. The summed E-state index contributed by atoms with van der Waals surface area (Å²) in [6.45, 7) is 9.82. The molecule has 0 fully saturated rings. The molecule has 1 heterocycles. The number of hydrogen-bond acceptors (Lipinski definition) is 4. The van der Waals surface area contributed by atoms with Gasteiger partial charge in [0.2, 0.25) is 0 Å². The Morgan fingerprint density at radius 2 is 2.06 bits per heavy atom. The number of aromatic nitrogens is 2. The highest BCUT2D eigenvalue weighted by atomic mass is 16.5. The Hall–Kier alpha value is -1.16. The number of nitrogens with one attached hydrogen (secondary N) is 1. The lowest BCUT2D eigenvalue weighted by atomic mass is 10.3. The number of aryl methyl sites for hydroxylation is 1. The maximum Gasteiger partial charge on any atom is 0.159 e. The van der Waals surface area contributed by atoms with Crippen LogP contribution < -0.4 is 5.32 Å². The molecule has 1 unspecified atom stereocenters. The van der Waals surface area contributed by atoms with E-state index in [-0.39, 0.29) is 6.10 Å². The molecular weight excluding hydrogens is 214 g/mol. The van der Waals surface area contributed by atoms with Crippen molar-refractivity contribution < 1.29 is 4.74 Å². The molecule has 96 valence electrons. The fourth-order valence-electron chi connectivity index (χ4n) is 1.55. The van der Waals surface area contributed by atoms with Gasteiger partial charge >= 0.3 is 0 Å². The lowest BCUT2D eigenvalue weighted by Gasteiger charge is -2.13. The molecule has 0 aliphatic rings. The largest absolute Gasteiger partial charge is 0.371 e. The first-order chi connectivity index (χ1) is 8.21. The number of rotatable bonds is 7. The van der Waals surface area contributed by atoms with Crippen molar-refractivity contribution in [2.75, 3.05) is 18.5 Å². The lowest BCUT2D eigenvalue weighted by Crippen LogP contribution is -2.10. The molecule has 0 aliphatic heterocycles. The molecule has 0 saturated carbocycles. The molecular formula is C13H23N3O. The first kappa shape index (κ1) is 13.9. The SMILES string of the molecule is CCCNc1cc(CC)nc(C(C)OCC)n1. The third kappa shape index (κ3) is 4.30. The molecule has 0 bridgehead atoms. The smallest absolute Gasteiger partial charge is 0.159 e. The van der Waals surface area contributed by atoms with E-state index >= 15 is 0 Å². The second-order valence-electron chi connectivity index (χ2n) is 3.98. The molecule has 0 aromatic carbocycles. The normalized spacial score (nSPS) is 12.5. The minimum atomic E-state index is -0.0475. The van der Waals surface area contributed by atoms with Crippen LogP contribution in [0.4, 0.5) is 5.82 Å². The minimum absolute atomic E-state index is 0.0475. The van der Waals surface area contributed by atoms with Crippen molar-refractivity contribution in [2.24, 2.45) is 0 Å². The zero-order chi connectivity index (χ0) is 12.7. The summed E-state index contributed by atoms with van der Waals surface area (Å²) in [7, 11) is 0. The van der Waals surface area contributed by atoms with Gasteiger partial charge in [-0.1, -0.05) is 13.8 Å². The number of anilines is 1. The zero-order valence-electron chi connectivity index (χ0n) is 11.3. The molecule has 1 N–H and O–H groups in total. The van der Waals surface area contributed by atoms with Gasteiger partial charge in [0.05, 0.1) is 0 Å². The van der Waals surface area contributed by atoms with E-state index in [1.807, 2.05) is 19.9 Å². The Morgan fingerprint density at radius 3 is 2.65 bits per heavy atom. The minimum Gasteiger partial charge on any atom is -0.371 e. The van der Waals surface area contributed by atoms with Crippen molar-refractivity contribution in [3.05, 3.63) is 17.6 Å². The van der Waals surface area contributed by atoms with Crippen LogP contribution in [0.3, 0.4) is 0 Å². The first-order valence-corrected chi connectivity index (χ1v) is 6.44. The number of ether oxygens (including phenoxy) is 1. The van der Waals surface area contributed by atoms with Crippen LogP contribution in [-0.2, 0) is 11.2 Å². The summed E-state index contributed by atoms with van der Waals surface area (Å²) in [5, 5.41) is 3.30. The van der Waals surface area contributed by atoms with Crippen LogP contribution in [-0.4, -0.2) is 23.1 Å². The highest BCUT2D eigenvalue weighted by molar-refractivity contribution is 5.36. The maximum atomic E-state index is 5.53. The average molecular weight is 237 g/mol. The van der Waals surface area contributed by atoms with E-state index in [2.05, 4.69) is 29.1 Å². The molecule has 4 nitrogen and oxygen atoms in total. The Kier molecular flexibility index (Phi) is 5.91. The fourth-order valence-corrected chi connectivity index (χ4v) is 1.55. The van der Waals surface area contributed by atoms with Crippen LogP contribution in [0.1, 0.15) is 51.7 Å². The van der Waals surface area contributed by atoms with E-state index in [0.717, 1.165) is 36.7 Å². The van der Waals surface area contributed by atoms with E-state index in [1.165, 1.54) is 0 Å². The lowest BCUT2D eigenvalue weighted by molar-refractivity contribution is 0.0700. The predicted octanol–water partition coefficient (Wildman–Crippen LogP) is 2.96. The topological polar surface area (TPSA) is 47.0 Å². The van der Waals surface area contributed by atoms with E-state index in [0.29, 0.717) is 6.61 Å². The molecule has 0 aliphatic carbocycles. The second kappa shape index (κ2) is 7.22. The Morgan fingerprint density at radius 1 is 1.29 bits per heavy atom.